The van der Waals surface area contributed by atoms with E-state index in [-0.39, 0.29) is 17.9 Å². The van der Waals surface area contributed by atoms with Gasteiger partial charge in [-0.2, -0.15) is 0 Å². The first kappa shape index (κ1) is 14.9. The number of rotatable bonds is 1. The molecule has 0 bridgehead atoms. The molecule has 4 heteroatoms. The van der Waals surface area contributed by atoms with E-state index in [1.54, 1.807) is 0 Å². The van der Waals surface area contributed by atoms with Crippen molar-refractivity contribution in [3.8, 4) is 0 Å². The van der Waals surface area contributed by atoms with E-state index in [2.05, 4.69) is 18.7 Å². The minimum atomic E-state index is -0.166. The molecule has 0 radical (unpaired) electrons. The summed E-state index contributed by atoms with van der Waals surface area (Å²) < 4.78 is 0. The minimum Gasteiger partial charge on any atom is -0.337 e. The highest BCUT2D eigenvalue weighted by molar-refractivity contribution is 5.90. The van der Waals surface area contributed by atoms with Gasteiger partial charge >= 0.3 is 0 Å². The zero-order valence-electron chi connectivity index (χ0n) is 13.4. The van der Waals surface area contributed by atoms with Crippen LogP contribution < -0.4 is 0 Å². The van der Waals surface area contributed by atoms with Crippen LogP contribution in [0.1, 0.15) is 58.8 Å². The summed E-state index contributed by atoms with van der Waals surface area (Å²) in [5.74, 6) is 1.74. The lowest BCUT2D eigenvalue weighted by molar-refractivity contribution is -0.145. The molecule has 1 saturated carbocycles. The fourth-order valence-electron chi connectivity index (χ4n) is 4.59. The van der Waals surface area contributed by atoms with Gasteiger partial charge in [0.15, 0.2) is 0 Å². The number of nitrogens with zero attached hydrogens (tertiary/aromatic N) is 2. The Bertz CT molecular complexity index is 423. The fraction of sp³-hybridized carbons (Fsp3) is 0.882. The first-order valence-electron chi connectivity index (χ1n) is 8.68. The molecule has 4 unspecified atom stereocenters. The topological polar surface area (TPSA) is 40.6 Å². The molecule has 2 amide bonds. The average molecular weight is 292 g/mol. The first-order valence-corrected chi connectivity index (χ1v) is 8.68. The van der Waals surface area contributed by atoms with Gasteiger partial charge in [-0.3, -0.25) is 9.59 Å². The Morgan fingerprint density at radius 2 is 1.76 bits per heavy atom. The second kappa shape index (κ2) is 5.98. The molecule has 3 fully saturated rings. The normalized spacial score (nSPS) is 38.2. The third kappa shape index (κ3) is 2.82. The van der Waals surface area contributed by atoms with Crippen LogP contribution >= 0.6 is 0 Å². The molecule has 0 aromatic rings. The maximum Gasteiger partial charge on any atom is 0.245 e. The SMILES string of the molecule is CC1CCC(N2CCC(=O)N3CCCCC3C2=O)C(C)C1. The van der Waals surface area contributed by atoms with Gasteiger partial charge in [-0.25, -0.2) is 0 Å². The molecule has 2 aliphatic heterocycles. The molecule has 3 aliphatic rings. The van der Waals surface area contributed by atoms with Crippen LogP contribution in [-0.2, 0) is 9.59 Å². The van der Waals surface area contributed by atoms with Crippen LogP contribution in [0.15, 0.2) is 0 Å². The molecule has 0 aromatic carbocycles. The Labute approximate surface area is 127 Å². The van der Waals surface area contributed by atoms with Crippen molar-refractivity contribution in [2.45, 2.75) is 70.9 Å². The van der Waals surface area contributed by atoms with E-state index in [0.717, 1.165) is 38.1 Å². The average Bonchev–Trinajstić information content (AvgIpc) is 2.59. The predicted molar refractivity (Wildman–Crippen MR) is 81.6 cm³/mol. The number of fused-ring (bicyclic) bond motifs is 1. The zero-order chi connectivity index (χ0) is 15.0. The van der Waals surface area contributed by atoms with Gasteiger partial charge < -0.3 is 9.80 Å². The molecule has 118 valence electrons. The van der Waals surface area contributed by atoms with Gasteiger partial charge in [-0.15, -0.1) is 0 Å². The van der Waals surface area contributed by atoms with Crippen LogP contribution in [0.3, 0.4) is 0 Å². The maximum atomic E-state index is 13.0. The summed E-state index contributed by atoms with van der Waals surface area (Å²) in [4.78, 5) is 29.2. The van der Waals surface area contributed by atoms with E-state index in [1.165, 1.54) is 12.8 Å². The third-order valence-corrected chi connectivity index (χ3v) is 5.74. The van der Waals surface area contributed by atoms with Gasteiger partial charge in [0.05, 0.1) is 0 Å². The largest absolute Gasteiger partial charge is 0.337 e. The monoisotopic (exact) mass is 292 g/mol. The van der Waals surface area contributed by atoms with Crippen molar-refractivity contribution in [2.75, 3.05) is 13.1 Å². The summed E-state index contributed by atoms with van der Waals surface area (Å²) in [6, 6.07) is 0.184. The number of carbonyl (C=O) groups is 2. The summed E-state index contributed by atoms with van der Waals surface area (Å²) in [7, 11) is 0. The fourth-order valence-corrected chi connectivity index (χ4v) is 4.59. The van der Waals surface area contributed by atoms with E-state index >= 15 is 0 Å². The van der Waals surface area contributed by atoms with Crippen molar-refractivity contribution < 1.29 is 9.59 Å². The van der Waals surface area contributed by atoms with E-state index in [1.807, 2.05) is 4.90 Å². The van der Waals surface area contributed by atoms with Gasteiger partial charge in [0.25, 0.3) is 0 Å². The zero-order valence-corrected chi connectivity index (χ0v) is 13.4. The molecule has 0 N–H and O–H groups in total. The Morgan fingerprint density at radius 1 is 0.952 bits per heavy atom. The second-order valence-corrected chi connectivity index (χ2v) is 7.34. The van der Waals surface area contributed by atoms with Gasteiger partial charge in [0, 0.05) is 25.6 Å². The van der Waals surface area contributed by atoms with Crippen LogP contribution in [0.2, 0.25) is 0 Å². The van der Waals surface area contributed by atoms with E-state index in [0.29, 0.717) is 24.9 Å². The van der Waals surface area contributed by atoms with Gasteiger partial charge in [-0.1, -0.05) is 13.8 Å². The number of hydrogen-bond acceptors (Lipinski definition) is 2. The summed E-state index contributed by atoms with van der Waals surface area (Å²) in [6.45, 7) is 6.00. The van der Waals surface area contributed by atoms with Crippen molar-refractivity contribution in [3.05, 3.63) is 0 Å². The Morgan fingerprint density at radius 3 is 2.52 bits per heavy atom. The molecule has 1 aliphatic carbocycles. The maximum absolute atomic E-state index is 13.0. The summed E-state index contributed by atoms with van der Waals surface area (Å²) >= 11 is 0. The van der Waals surface area contributed by atoms with Crippen molar-refractivity contribution in [2.24, 2.45) is 11.8 Å². The lowest BCUT2D eigenvalue weighted by Crippen LogP contribution is -2.53. The van der Waals surface area contributed by atoms with Crippen LogP contribution in [0, 0.1) is 11.8 Å². The highest BCUT2D eigenvalue weighted by Gasteiger charge is 2.41. The standard InChI is InChI=1S/C17H28N2O2/c1-12-6-7-14(13(2)11-12)19-10-8-16(20)18-9-4-3-5-15(18)17(19)21/h12-15H,3-11H2,1-2H3. The lowest BCUT2D eigenvalue weighted by Gasteiger charge is -2.42. The van der Waals surface area contributed by atoms with E-state index < -0.39 is 0 Å². The van der Waals surface area contributed by atoms with E-state index in [4.69, 9.17) is 0 Å². The van der Waals surface area contributed by atoms with E-state index in [9.17, 15) is 9.59 Å². The quantitative estimate of drug-likeness (QED) is 0.745. The Balaban J connectivity index is 1.79. The summed E-state index contributed by atoms with van der Waals surface area (Å²) in [6.07, 6.45) is 7.02. The van der Waals surface area contributed by atoms with Gasteiger partial charge in [-0.05, 0) is 50.4 Å². The van der Waals surface area contributed by atoms with Crippen molar-refractivity contribution in [1.82, 2.24) is 9.80 Å². The number of piperidine rings is 1. The molecular formula is C17H28N2O2. The van der Waals surface area contributed by atoms with Crippen molar-refractivity contribution in [1.29, 1.82) is 0 Å². The van der Waals surface area contributed by atoms with Crippen LogP contribution in [0.25, 0.3) is 0 Å². The smallest absolute Gasteiger partial charge is 0.245 e. The lowest BCUT2D eigenvalue weighted by atomic mass is 9.79. The van der Waals surface area contributed by atoms with Crippen LogP contribution in [-0.4, -0.2) is 46.8 Å². The molecule has 2 heterocycles. The third-order valence-electron chi connectivity index (χ3n) is 5.74. The molecule has 0 aromatic heterocycles. The first-order chi connectivity index (χ1) is 10.1. The van der Waals surface area contributed by atoms with Crippen molar-refractivity contribution in [3.63, 3.8) is 0 Å². The molecule has 0 spiro atoms. The molecule has 4 atom stereocenters. The van der Waals surface area contributed by atoms with Crippen LogP contribution in [0.5, 0.6) is 0 Å². The van der Waals surface area contributed by atoms with Crippen molar-refractivity contribution >= 4 is 11.8 Å². The minimum absolute atomic E-state index is 0.166. The van der Waals surface area contributed by atoms with Crippen LogP contribution in [0.4, 0.5) is 0 Å². The summed E-state index contributed by atoms with van der Waals surface area (Å²) in [5.41, 5.74) is 0. The Hall–Kier alpha value is -1.06. The Kier molecular flexibility index (Phi) is 4.23. The van der Waals surface area contributed by atoms with Gasteiger partial charge in [0.2, 0.25) is 11.8 Å². The predicted octanol–water partition coefficient (Wildman–Crippen LogP) is 2.42. The molecule has 21 heavy (non-hydrogen) atoms. The number of amides is 2. The molecule has 2 saturated heterocycles. The van der Waals surface area contributed by atoms with Gasteiger partial charge in [0.1, 0.15) is 6.04 Å². The number of carbonyl (C=O) groups excluding carboxylic acids is 2. The molecule has 4 nitrogen and oxygen atoms in total. The molecule has 3 rings (SSSR count). The highest BCUT2D eigenvalue weighted by Crippen LogP contribution is 2.34. The highest BCUT2D eigenvalue weighted by atomic mass is 16.2. The number of hydrogen-bond donors (Lipinski definition) is 0. The summed E-state index contributed by atoms with van der Waals surface area (Å²) in [5, 5.41) is 0. The molecular weight excluding hydrogens is 264 g/mol. The second-order valence-electron chi connectivity index (χ2n) is 7.34.